The van der Waals surface area contributed by atoms with Crippen LogP contribution in [0.2, 0.25) is 5.15 Å². The second-order valence-corrected chi connectivity index (χ2v) is 4.64. The van der Waals surface area contributed by atoms with Crippen LogP contribution in [-0.2, 0) is 13.6 Å². The molecule has 2 aromatic heterocycles. The molecule has 0 amide bonds. The molecule has 0 atom stereocenters. The molecule has 0 unspecified atom stereocenters. The Morgan fingerprint density at radius 1 is 1.28 bits per heavy atom. The van der Waals surface area contributed by atoms with Crippen molar-refractivity contribution in [2.75, 3.05) is 5.32 Å². The summed E-state index contributed by atoms with van der Waals surface area (Å²) in [6.07, 6.45) is 0. The number of hydrogen-bond donors (Lipinski definition) is 1. The Morgan fingerprint density at radius 2 is 2.00 bits per heavy atom. The first-order valence-electron chi connectivity index (χ1n) is 5.71. The highest BCUT2D eigenvalue weighted by Crippen LogP contribution is 2.16. The van der Waals surface area contributed by atoms with E-state index >= 15 is 0 Å². The standard InChI is InChI=1S/C12H16ClN5/c1-7-10(8(2)18(4)17-7)6-14-12-5-11(13)15-9(3)16-12/h5H,6H2,1-4H3,(H,14,15,16). The van der Waals surface area contributed by atoms with E-state index in [0.29, 0.717) is 17.5 Å². The fourth-order valence-electron chi connectivity index (χ4n) is 1.87. The highest BCUT2D eigenvalue weighted by molar-refractivity contribution is 6.29. The maximum Gasteiger partial charge on any atom is 0.134 e. The van der Waals surface area contributed by atoms with Crippen molar-refractivity contribution < 1.29 is 0 Å². The number of nitrogens with one attached hydrogen (secondary N) is 1. The third-order valence-electron chi connectivity index (χ3n) is 2.91. The summed E-state index contributed by atoms with van der Waals surface area (Å²) >= 11 is 5.89. The van der Waals surface area contributed by atoms with Crippen molar-refractivity contribution in [3.05, 3.63) is 34.0 Å². The molecular weight excluding hydrogens is 250 g/mol. The first-order chi connectivity index (χ1) is 8.47. The number of nitrogens with zero attached hydrogens (tertiary/aromatic N) is 4. The number of aryl methyl sites for hydroxylation is 3. The summed E-state index contributed by atoms with van der Waals surface area (Å²) in [4.78, 5) is 8.31. The zero-order valence-corrected chi connectivity index (χ0v) is 11.7. The van der Waals surface area contributed by atoms with Crippen LogP contribution in [0.15, 0.2) is 6.07 Å². The summed E-state index contributed by atoms with van der Waals surface area (Å²) in [6.45, 7) is 6.55. The maximum atomic E-state index is 5.89. The molecule has 0 saturated carbocycles. The van der Waals surface area contributed by atoms with E-state index < -0.39 is 0 Å². The van der Waals surface area contributed by atoms with E-state index in [2.05, 4.69) is 27.3 Å². The van der Waals surface area contributed by atoms with Gasteiger partial charge in [-0.15, -0.1) is 0 Å². The van der Waals surface area contributed by atoms with Gasteiger partial charge in [-0.05, 0) is 20.8 Å². The van der Waals surface area contributed by atoms with Gasteiger partial charge in [0.05, 0.1) is 5.69 Å². The molecule has 96 valence electrons. The average Bonchev–Trinajstić information content (AvgIpc) is 2.50. The van der Waals surface area contributed by atoms with Crippen molar-refractivity contribution in [2.45, 2.75) is 27.3 Å². The molecule has 1 N–H and O–H groups in total. The molecule has 2 heterocycles. The van der Waals surface area contributed by atoms with Crippen molar-refractivity contribution in [3.8, 4) is 0 Å². The average molecular weight is 266 g/mol. The second kappa shape index (κ2) is 4.94. The molecule has 0 aliphatic heterocycles. The number of hydrogen-bond acceptors (Lipinski definition) is 4. The van der Waals surface area contributed by atoms with Gasteiger partial charge in [-0.2, -0.15) is 5.10 Å². The van der Waals surface area contributed by atoms with Crippen LogP contribution in [-0.4, -0.2) is 19.7 Å². The SMILES string of the molecule is Cc1nc(Cl)cc(NCc2c(C)nn(C)c2C)n1. The van der Waals surface area contributed by atoms with Crippen molar-refractivity contribution in [2.24, 2.45) is 7.05 Å². The van der Waals surface area contributed by atoms with Crippen molar-refractivity contribution >= 4 is 17.4 Å². The van der Waals surface area contributed by atoms with Gasteiger partial charge in [0.2, 0.25) is 0 Å². The van der Waals surface area contributed by atoms with E-state index in [1.54, 1.807) is 6.07 Å². The normalized spacial score (nSPS) is 10.7. The van der Waals surface area contributed by atoms with Crippen molar-refractivity contribution in [1.29, 1.82) is 0 Å². The second-order valence-electron chi connectivity index (χ2n) is 4.25. The van der Waals surface area contributed by atoms with Crippen LogP contribution < -0.4 is 5.32 Å². The minimum atomic E-state index is 0.449. The predicted octanol–water partition coefficient (Wildman–Crippen LogP) is 2.40. The number of aromatic nitrogens is 4. The summed E-state index contributed by atoms with van der Waals surface area (Å²) in [7, 11) is 1.94. The van der Waals surface area contributed by atoms with Gasteiger partial charge in [-0.1, -0.05) is 11.6 Å². The first kappa shape index (κ1) is 12.8. The number of rotatable bonds is 3. The fraction of sp³-hybridized carbons (Fsp3) is 0.417. The fourth-order valence-corrected chi connectivity index (χ4v) is 2.10. The summed E-state index contributed by atoms with van der Waals surface area (Å²) in [5.74, 6) is 1.39. The Hall–Kier alpha value is -1.62. The highest BCUT2D eigenvalue weighted by atomic mass is 35.5. The van der Waals surface area contributed by atoms with E-state index in [9.17, 15) is 0 Å². The summed E-state index contributed by atoms with van der Waals surface area (Å²) in [5, 5.41) is 8.07. The molecule has 0 aromatic carbocycles. The molecule has 2 rings (SSSR count). The lowest BCUT2D eigenvalue weighted by molar-refractivity contribution is 0.730. The van der Waals surface area contributed by atoms with E-state index in [0.717, 1.165) is 17.2 Å². The molecule has 0 aliphatic rings. The Kier molecular flexibility index (Phi) is 3.52. The lowest BCUT2D eigenvalue weighted by Gasteiger charge is -2.07. The zero-order valence-electron chi connectivity index (χ0n) is 11.0. The van der Waals surface area contributed by atoms with Gasteiger partial charge in [-0.25, -0.2) is 9.97 Å². The monoisotopic (exact) mass is 265 g/mol. The van der Waals surface area contributed by atoms with E-state index in [4.69, 9.17) is 11.6 Å². The van der Waals surface area contributed by atoms with E-state index in [1.165, 1.54) is 5.56 Å². The molecule has 2 aromatic rings. The van der Waals surface area contributed by atoms with Crippen LogP contribution in [0.5, 0.6) is 0 Å². The molecule has 0 fully saturated rings. The van der Waals surface area contributed by atoms with E-state index in [1.807, 2.05) is 25.6 Å². The van der Waals surface area contributed by atoms with Gasteiger partial charge in [0.15, 0.2) is 0 Å². The smallest absolute Gasteiger partial charge is 0.134 e. The molecule has 5 nitrogen and oxygen atoms in total. The molecule has 6 heteroatoms. The molecular formula is C12H16ClN5. The number of halogens is 1. The molecule has 0 bridgehead atoms. The van der Waals surface area contributed by atoms with Gasteiger partial charge < -0.3 is 5.32 Å². The molecule has 0 radical (unpaired) electrons. The number of anilines is 1. The predicted molar refractivity (Wildman–Crippen MR) is 71.8 cm³/mol. The third-order valence-corrected chi connectivity index (χ3v) is 3.11. The highest BCUT2D eigenvalue weighted by Gasteiger charge is 2.09. The largest absolute Gasteiger partial charge is 0.366 e. The van der Waals surface area contributed by atoms with Crippen molar-refractivity contribution in [1.82, 2.24) is 19.7 Å². The molecule has 0 spiro atoms. The van der Waals surface area contributed by atoms with Crippen LogP contribution in [0, 0.1) is 20.8 Å². The lowest BCUT2D eigenvalue weighted by atomic mass is 10.2. The first-order valence-corrected chi connectivity index (χ1v) is 6.09. The Labute approximate surface area is 111 Å². The Bertz CT molecular complexity index is 556. The molecule has 0 saturated heterocycles. The summed E-state index contributed by atoms with van der Waals surface area (Å²) < 4.78 is 1.88. The van der Waals surface area contributed by atoms with Crippen LogP contribution in [0.4, 0.5) is 5.82 Å². The van der Waals surface area contributed by atoms with Gasteiger partial charge in [0.25, 0.3) is 0 Å². The van der Waals surface area contributed by atoms with Crippen LogP contribution in [0.3, 0.4) is 0 Å². The van der Waals surface area contributed by atoms with Gasteiger partial charge in [0, 0.05) is 30.9 Å². The topological polar surface area (TPSA) is 55.6 Å². The quantitative estimate of drug-likeness (QED) is 0.866. The molecule has 0 aliphatic carbocycles. The van der Waals surface area contributed by atoms with E-state index in [-0.39, 0.29) is 0 Å². The molecule has 18 heavy (non-hydrogen) atoms. The Balaban J connectivity index is 2.16. The lowest BCUT2D eigenvalue weighted by Crippen LogP contribution is -2.05. The summed E-state index contributed by atoms with van der Waals surface area (Å²) in [6, 6.07) is 1.72. The maximum absolute atomic E-state index is 5.89. The minimum absolute atomic E-state index is 0.449. The minimum Gasteiger partial charge on any atom is -0.366 e. The summed E-state index contributed by atoms with van der Waals surface area (Å²) in [5.41, 5.74) is 3.36. The Morgan fingerprint density at radius 3 is 2.56 bits per heavy atom. The van der Waals surface area contributed by atoms with Gasteiger partial charge in [-0.3, -0.25) is 4.68 Å². The van der Waals surface area contributed by atoms with Gasteiger partial charge >= 0.3 is 0 Å². The third kappa shape index (κ3) is 2.61. The van der Waals surface area contributed by atoms with Crippen molar-refractivity contribution in [3.63, 3.8) is 0 Å². The van der Waals surface area contributed by atoms with Crippen LogP contribution in [0.25, 0.3) is 0 Å². The zero-order chi connectivity index (χ0) is 13.3. The van der Waals surface area contributed by atoms with Gasteiger partial charge in [0.1, 0.15) is 16.8 Å². The van der Waals surface area contributed by atoms with Crippen LogP contribution in [0.1, 0.15) is 22.8 Å². The van der Waals surface area contributed by atoms with Crippen LogP contribution >= 0.6 is 11.6 Å².